The minimum atomic E-state index is -0.125. The lowest BCUT2D eigenvalue weighted by atomic mass is 10.1. The number of hydrogen-bond acceptors (Lipinski definition) is 4. The molecule has 1 aromatic rings. The lowest BCUT2D eigenvalue weighted by Crippen LogP contribution is -2.36. The molecule has 0 heterocycles. The highest BCUT2D eigenvalue weighted by Crippen LogP contribution is 2.28. The van der Waals surface area contributed by atoms with Crippen LogP contribution in [0.2, 0.25) is 0 Å². The van der Waals surface area contributed by atoms with Crippen molar-refractivity contribution in [2.24, 2.45) is 0 Å². The molecule has 1 unspecified atom stereocenters. The van der Waals surface area contributed by atoms with Gasteiger partial charge in [-0.1, -0.05) is 0 Å². The van der Waals surface area contributed by atoms with Crippen LogP contribution in [0.15, 0.2) is 18.2 Å². The molecule has 1 aliphatic rings. The molecule has 1 saturated carbocycles. The highest BCUT2D eigenvalue weighted by Gasteiger charge is 2.23. The van der Waals surface area contributed by atoms with Gasteiger partial charge in [-0.3, -0.25) is 4.79 Å². The van der Waals surface area contributed by atoms with Crippen LogP contribution in [0.4, 0.5) is 0 Å². The first-order valence-corrected chi connectivity index (χ1v) is 6.50. The van der Waals surface area contributed by atoms with E-state index in [1.165, 1.54) is 0 Å². The summed E-state index contributed by atoms with van der Waals surface area (Å²) in [4.78, 5) is 11.6. The molecule has 0 saturated heterocycles. The predicted molar refractivity (Wildman–Crippen MR) is 72.2 cm³/mol. The maximum absolute atomic E-state index is 11.6. The van der Waals surface area contributed by atoms with Crippen molar-refractivity contribution < 1.29 is 14.6 Å². The van der Waals surface area contributed by atoms with E-state index in [1.807, 2.05) is 6.92 Å². The minimum Gasteiger partial charge on any atom is -0.508 e. The van der Waals surface area contributed by atoms with E-state index in [-0.39, 0.29) is 24.2 Å². The van der Waals surface area contributed by atoms with Crippen molar-refractivity contribution in [2.75, 3.05) is 13.7 Å². The SMILES string of the molecule is COc1ccc(O)c(C(C)NCC(=O)NC2CC2)c1. The number of benzene rings is 1. The van der Waals surface area contributed by atoms with Crippen LogP contribution in [-0.2, 0) is 4.79 Å². The first-order valence-electron chi connectivity index (χ1n) is 6.50. The van der Waals surface area contributed by atoms with Gasteiger partial charge in [0.25, 0.3) is 0 Å². The quantitative estimate of drug-likeness (QED) is 0.725. The Hall–Kier alpha value is -1.75. The van der Waals surface area contributed by atoms with Gasteiger partial charge in [-0.05, 0) is 38.0 Å². The molecule has 0 aromatic heterocycles. The van der Waals surface area contributed by atoms with Crippen molar-refractivity contribution in [3.63, 3.8) is 0 Å². The third-order valence-corrected chi connectivity index (χ3v) is 3.21. The fourth-order valence-corrected chi connectivity index (χ4v) is 1.87. The summed E-state index contributed by atoms with van der Waals surface area (Å²) in [5.74, 6) is 0.879. The molecule has 0 radical (unpaired) electrons. The normalized spacial score (nSPS) is 15.9. The monoisotopic (exact) mass is 264 g/mol. The van der Waals surface area contributed by atoms with Crippen LogP contribution in [0.3, 0.4) is 0 Å². The molecular weight excluding hydrogens is 244 g/mol. The van der Waals surface area contributed by atoms with Crippen molar-refractivity contribution in [1.82, 2.24) is 10.6 Å². The van der Waals surface area contributed by atoms with E-state index < -0.39 is 0 Å². The third kappa shape index (κ3) is 3.86. The summed E-state index contributed by atoms with van der Waals surface area (Å²) < 4.78 is 5.13. The van der Waals surface area contributed by atoms with Gasteiger partial charge in [0.15, 0.2) is 0 Å². The summed E-state index contributed by atoms with van der Waals surface area (Å²) in [5.41, 5.74) is 0.721. The Bertz CT molecular complexity index is 458. The van der Waals surface area contributed by atoms with Crippen molar-refractivity contribution >= 4 is 5.91 Å². The fraction of sp³-hybridized carbons (Fsp3) is 0.500. The predicted octanol–water partition coefficient (Wildman–Crippen LogP) is 1.33. The van der Waals surface area contributed by atoms with Crippen molar-refractivity contribution in [1.29, 1.82) is 0 Å². The number of ether oxygens (including phenoxy) is 1. The number of phenolic OH excluding ortho intramolecular Hbond substituents is 1. The number of phenols is 1. The van der Waals surface area contributed by atoms with Crippen LogP contribution in [0.1, 0.15) is 31.4 Å². The molecule has 104 valence electrons. The largest absolute Gasteiger partial charge is 0.508 e. The second-order valence-electron chi connectivity index (χ2n) is 4.87. The molecule has 0 aliphatic heterocycles. The molecule has 19 heavy (non-hydrogen) atoms. The van der Waals surface area contributed by atoms with Crippen molar-refractivity contribution in [2.45, 2.75) is 31.8 Å². The van der Waals surface area contributed by atoms with E-state index in [9.17, 15) is 9.90 Å². The molecule has 1 amide bonds. The Morgan fingerprint density at radius 3 is 2.89 bits per heavy atom. The second kappa shape index (κ2) is 5.93. The molecule has 1 atom stereocenters. The lowest BCUT2D eigenvalue weighted by Gasteiger charge is -2.16. The zero-order valence-electron chi connectivity index (χ0n) is 11.3. The number of aromatic hydroxyl groups is 1. The lowest BCUT2D eigenvalue weighted by molar-refractivity contribution is -0.120. The zero-order valence-corrected chi connectivity index (χ0v) is 11.3. The van der Waals surface area contributed by atoms with E-state index in [0.29, 0.717) is 11.8 Å². The van der Waals surface area contributed by atoms with Crippen LogP contribution >= 0.6 is 0 Å². The summed E-state index contributed by atoms with van der Waals surface area (Å²) in [7, 11) is 1.58. The van der Waals surface area contributed by atoms with Gasteiger partial charge in [-0.15, -0.1) is 0 Å². The topological polar surface area (TPSA) is 70.6 Å². The first kappa shape index (κ1) is 13.7. The van der Waals surface area contributed by atoms with Gasteiger partial charge in [-0.25, -0.2) is 0 Å². The number of hydrogen-bond donors (Lipinski definition) is 3. The highest BCUT2D eigenvalue weighted by molar-refractivity contribution is 5.78. The summed E-state index contributed by atoms with van der Waals surface area (Å²) in [6.07, 6.45) is 2.16. The van der Waals surface area contributed by atoms with Gasteiger partial charge in [0.05, 0.1) is 13.7 Å². The number of rotatable bonds is 6. The molecule has 1 aromatic carbocycles. The van der Waals surface area contributed by atoms with Crippen molar-refractivity contribution in [3.05, 3.63) is 23.8 Å². The van der Waals surface area contributed by atoms with Gasteiger partial charge >= 0.3 is 0 Å². The van der Waals surface area contributed by atoms with E-state index in [0.717, 1.165) is 18.4 Å². The van der Waals surface area contributed by atoms with E-state index in [4.69, 9.17) is 4.74 Å². The number of amides is 1. The van der Waals surface area contributed by atoms with Gasteiger partial charge in [0.1, 0.15) is 11.5 Å². The van der Waals surface area contributed by atoms with Crippen LogP contribution in [-0.4, -0.2) is 30.7 Å². The molecule has 1 aliphatic carbocycles. The number of methoxy groups -OCH3 is 1. The summed E-state index contributed by atoms with van der Waals surface area (Å²) in [6, 6.07) is 5.31. The summed E-state index contributed by atoms with van der Waals surface area (Å²) in [5, 5.41) is 15.8. The maximum Gasteiger partial charge on any atom is 0.234 e. The highest BCUT2D eigenvalue weighted by atomic mass is 16.5. The second-order valence-corrected chi connectivity index (χ2v) is 4.87. The number of carbonyl (C=O) groups is 1. The molecule has 3 N–H and O–H groups in total. The van der Waals surface area contributed by atoms with Gasteiger partial charge in [-0.2, -0.15) is 0 Å². The smallest absolute Gasteiger partial charge is 0.234 e. The molecule has 1 fully saturated rings. The average Bonchev–Trinajstić information content (AvgIpc) is 3.20. The Morgan fingerprint density at radius 2 is 2.26 bits per heavy atom. The van der Waals surface area contributed by atoms with Crippen LogP contribution < -0.4 is 15.4 Å². The Morgan fingerprint density at radius 1 is 1.53 bits per heavy atom. The van der Waals surface area contributed by atoms with E-state index >= 15 is 0 Å². The summed E-state index contributed by atoms with van der Waals surface area (Å²) >= 11 is 0. The molecular formula is C14H20N2O3. The molecule has 2 rings (SSSR count). The Kier molecular flexibility index (Phi) is 4.27. The van der Waals surface area contributed by atoms with Gasteiger partial charge in [0.2, 0.25) is 5.91 Å². The zero-order chi connectivity index (χ0) is 13.8. The molecule has 5 heteroatoms. The standard InChI is InChI=1S/C14H20N2O3/c1-9(15-8-14(18)16-10-3-4-10)12-7-11(19-2)5-6-13(12)17/h5-7,9-10,15,17H,3-4,8H2,1-2H3,(H,16,18). The van der Waals surface area contributed by atoms with Crippen molar-refractivity contribution in [3.8, 4) is 11.5 Å². The number of carbonyl (C=O) groups excluding carboxylic acids is 1. The van der Waals surface area contributed by atoms with Gasteiger partial charge < -0.3 is 20.5 Å². The van der Waals surface area contributed by atoms with E-state index in [2.05, 4.69) is 10.6 Å². The van der Waals surface area contributed by atoms with Gasteiger partial charge in [0, 0.05) is 17.6 Å². The van der Waals surface area contributed by atoms with E-state index in [1.54, 1.807) is 25.3 Å². The molecule has 0 bridgehead atoms. The third-order valence-electron chi connectivity index (χ3n) is 3.21. The van der Waals surface area contributed by atoms with Crippen LogP contribution in [0.5, 0.6) is 11.5 Å². The number of nitrogens with one attached hydrogen (secondary N) is 2. The average molecular weight is 264 g/mol. The summed E-state index contributed by atoms with van der Waals surface area (Å²) in [6.45, 7) is 2.15. The molecule has 0 spiro atoms. The Balaban J connectivity index is 1.90. The van der Waals surface area contributed by atoms with Crippen LogP contribution in [0, 0.1) is 0 Å². The maximum atomic E-state index is 11.6. The molecule has 5 nitrogen and oxygen atoms in total. The minimum absolute atomic E-state index is 0.00302. The first-order chi connectivity index (χ1) is 9.10. The van der Waals surface area contributed by atoms with Crippen LogP contribution in [0.25, 0.3) is 0 Å². The Labute approximate surface area is 113 Å². The fourth-order valence-electron chi connectivity index (χ4n) is 1.87.